The zero-order chi connectivity index (χ0) is 17.1. The Kier molecular flexibility index (Phi) is 5.14. The summed E-state index contributed by atoms with van der Waals surface area (Å²) in [6, 6.07) is 0. The Hall–Kier alpha value is -1.95. The Labute approximate surface area is 143 Å². The molecule has 3 rings (SSSR count). The fourth-order valence-corrected chi connectivity index (χ4v) is 3.46. The van der Waals surface area contributed by atoms with Crippen molar-refractivity contribution in [1.29, 1.82) is 0 Å². The largest absolute Gasteiger partial charge is 0.462 e. The highest BCUT2D eigenvalue weighted by Gasteiger charge is 2.55. The van der Waals surface area contributed by atoms with E-state index >= 15 is 0 Å². The summed E-state index contributed by atoms with van der Waals surface area (Å²) < 4.78 is 4.95. The zero-order valence-corrected chi connectivity index (χ0v) is 14.7. The molecule has 1 aromatic rings. The Morgan fingerprint density at radius 1 is 1.38 bits per heavy atom. The fourth-order valence-electron chi connectivity index (χ4n) is 3.46. The van der Waals surface area contributed by atoms with Crippen molar-refractivity contribution in [1.82, 2.24) is 15.3 Å². The van der Waals surface area contributed by atoms with Crippen LogP contribution in [0.4, 0.5) is 5.95 Å². The van der Waals surface area contributed by atoms with Gasteiger partial charge in [-0.2, -0.15) is 0 Å². The highest BCUT2D eigenvalue weighted by atomic mass is 16.5. The first-order valence-corrected chi connectivity index (χ1v) is 8.70. The Balaban J connectivity index is 1.46. The van der Waals surface area contributed by atoms with Crippen molar-refractivity contribution in [2.24, 2.45) is 17.8 Å². The number of nitrogens with zero attached hydrogens (tertiary/aromatic N) is 3. The number of aromatic nitrogens is 2. The van der Waals surface area contributed by atoms with E-state index in [1.165, 1.54) is 5.57 Å². The summed E-state index contributed by atoms with van der Waals surface area (Å²) in [6.07, 6.45) is 5.27. The van der Waals surface area contributed by atoms with Crippen molar-refractivity contribution in [2.45, 2.75) is 20.8 Å². The molecule has 1 aliphatic carbocycles. The third kappa shape index (κ3) is 3.59. The highest BCUT2D eigenvalue weighted by molar-refractivity contribution is 5.88. The normalized spacial score (nSPS) is 25.5. The summed E-state index contributed by atoms with van der Waals surface area (Å²) in [7, 11) is 0. The molecule has 0 spiro atoms. The highest BCUT2D eigenvalue weighted by Crippen LogP contribution is 2.51. The number of piperidine rings is 1. The molecule has 2 atom stereocenters. The molecule has 0 radical (unpaired) electrons. The first kappa shape index (κ1) is 16.9. The van der Waals surface area contributed by atoms with E-state index in [1.807, 2.05) is 0 Å². The van der Waals surface area contributed by atoms with Crippen LogP contribution in [-0.4, -0.2) is 48.7 Å². The number of fused-ring (bicyclic) bond motifs is 1. The number of rotatable bonds is 7. The van der Waals surface area contributed by atoms with Gasteiger partial charge in [-0.05, 0) is 45.1 Å². The van der Waals surface area contributed by atoms with Crippen LogP contribution in [0.2, 0.25) is 0 Å². The van der Waals surface area contributed by atoms with E-state index in [4.69, 9.17) is 4.74 Å². The topological polar surface area (TPSA) is 67.4 Å². The van der Waals surface area contributed by atoms with Gasteiger partial charge in [0, 0.05) is 32.0 Å². The van der Waals surface area contributed by atoms with Crippen LogP contribution in [0, 0.1) is 17.8 Å². The fraction of sp³-hybridized carbons (Fsp3) is 0.611. The molecule has 1 saturated heterocycles. The maximum atomic E-state index is 11.6. The zero-order valence-electron chi connectivity index (χ0n) is 14.7. The van der Waals surface area contributed by atoms with Crippen LogP contribution in [0.5, 0.6) is 0 Å². The minimum atomic E-state index is -0.365. The van der Waals surface area contributed by atoms with Crippen molar-refractivity contribution in [2.75, 3.05) is 37.7 Å². The Bertz CT molecular complexity index is 602. The third-order valence-electron chi connectivity index (χ3n) is 5.08. The molecule has 6 nitrogen and oxygen atoms in total. The lowest BCUT2D eigenvalue weighted by Gasteiger charge is -2.19. The molecular weight excluding hydrogens is 304 g/mol. The molecule has 24 heavy (non-hydrogen) atoms. The first-order chi connectivity index (χ1) is 11.6. The number of ether oxygens (including phenoxy) is 1. The van der Waals surface area contributed by atoms with E-state index in [1.54, 1.807) is 19.3 Å². The number of anilines is 1. The maximum Gasteiger partial charge on any atom is 0.341 e. The number of carbonyl (C=O) groups excluding carboxylic acids is 1. The van der Waals surface area contributed by atoms with Gasteiger partial charge in [-0.3, -0.25) is 0 Å². The molecule has 130 valence electrons. The minimum Gasteiger partial charge on any atom is -0.462 e. The van der Waals surface area contributed by atoms with Gasteiger partial charge in [-0.25, -0.2) is 14.8 Å². The molecule has 2 aliphatic rings. The quantitative estimate of drug-likeness (QED) is 0.608. The summed E-state index contributed by atoms with van der Waals surface area (Å²) in [6.45, 7) is 10.5. The van der Waals surface area contributed by atoms with Crippen LogP contribution in [0.3, 0.4) is 0 Å². The second kappa shape index (κ2) is 7.30. The smallest absolute Gasteiger partial charge is 0.341 e. The van der Waals surface area contributed by atoms with Crippen LogP contribution in [0.25, 0.3) is 0 Å². The maximum absolute atomic E-state index is 11.6. The minimum absolute atomic E-state index is 0.360. The molecule has 0 amide bonds. The Morgan fingerprint density at radius 2 is 2.04 bits per heavy atom. The lowest BCUT2D eigenvalue weighted by atomic mass is 10.2. The molecule has 6 heteroatoms. The van der Waals surface area contributed by atoms with E-state index in [2.05, 4.69) is 40.1 Å². The van der Waals surface area contributed by atoms with Crippen molar-refractivity contribution < 1.29 is 9.53 Å². The van der Waals surface area contributed by atoms with Gasteiger partial charge in [0.1, 0.15) is 0 Å². The van der Waals surface area contributed by atoms with E-state index in [0.717, 1.165) is 43.9 Å². The first-order valence-electron chi connectivity index (χ1n) is 8.70. The molecule has 1 aromatic heterocycles. The third-order valence-corrected chi connectivity index (χ3v) is 5.08. The van der Waals surface area contributed by atoms with Crippen LogP contribution >= 0.6 is 0 Å². The van der Waals surface area contributed by atoms with Gasteiger partial charge in [0.25, 0.3) is 0 Å². The van der Waals surface area contributed by atoms with Gasteiger partial charge in [-0.1, -0.05) is 11.6 Å². The number of esters is 1. The van der Waals surface area contributed by atoms with Gasteiger partial charge < -0.3 is 15.0 Å². The molecule has 1 saturated carbocycles. The molecule has 1 aliphatic heterocycles. The number of nitrogens with one attached hydrogen (secondary N) is 1. The van der Waals surface area contributed by atoms with E-state index in [-0.39, 0.29) is 5.97 Å². The number of hydrogen-bond donors (Lipinski definition) is 1. The summed E-state index contributed by atoms with van der Waals surface area (Å²) in [5.74, 6) is 2.63. The van der Waals surface area contributed by atoms with Crippen LogP contribution in [0.1, 0.15) is 31.1 Å². The van der Waals surface area contributed by atoms with Gasteiger partial charge >= 0.3 is 5.97 Å². The monoisotopic (exact) mass is 330 g/mol. The lowest BCUT2D eigenvalue weighted by Crippen LogP contribution is -2.29. The number of allylic oxidation sites excluding steroid dienone is 1. The number of carbonyl (C=O) groups is 1. The van der Waals surface area contributed by atoms with Gasteiger partial charge in [0.05, 0.1) is 12.2 Å². The van der Waals surface area contributed by atoms with E-state index in [9.17, 15) is 4.79 Å². The van der Waals surface area contributed by atoms with Crippen molar-refractivity contribution in [3.63, 3.8) is 0 Å². The molecule has 1 N–H and O–H groups in total. The van der Waals surface area contributed by atoms with Crippen molar-refractivity contribution in [3.8, 4) is 0 Å². The van der Waals surface area contributed by atoms with Gasteiger partial charge in [-0.15, -0.1) is 0 Å². The molecular formula is C18H26N4O2. The molecule has 2 unspecified atom stereocenters. The predicted molar refractivity (Wildman–Crippen MR) is 93.0 cm³/mol. The van der Waals surface area contributed by atoms with Gasteiger partial charge in [0.15, 0.2) is 0 Å². The standard InChI is InChI=1S/C18H26N4O2/c1-4-12(3)6-19-9-14-15-10-22(11-16(14)15)18-20-7-13(8-21-18)17(23)24-5-2/h4,7-8,14-16,19H,5-6,9-11H2,1-3H3/b12-4+. The SMILES string of the molecule is C/C=C(\C)CNCC1C2CN(c3ncc(C(=O)OCC)cn3)CC12. The predicted octanol–water partition coefficient (Wildman–Crippen LogP) is 1.89. The molecule has 0 bridgehead atoms. The average molecular weight is 330 g/mol. The number of hydrogen-bond acceptors (Lipinski definition) is 6. The summed E-state index contributed by atoms with van der Waals surface area (Å²) in [5, 5.41) is 3.54. The molecule has 0 aromatic carbocycles. The second-order valence-electron chi connectivity index (χ2n) is 6.65. The van der Waals surface area contributed by atoms with E-state index < -0.39 is 0 Å². The van der Waals surface area contributed by atoms with Crippen LogP contribution in [0.15, 0.2) is 24.0 Å². The summed E-state index contributed by atoms with van der Waals surface area (Å²) >= 11 is 0. The summed E-state index contributed by atoms with van der Waals surface area (Å²) in [4.78, 5) is 22.5. The van der Waals surface area contributed by atoms with Crippen molar-refractivity contribution >= 4 is 11.9 Å². The van der Waals surface area contributed by atoms with Crippen molar-refractivity contribution in [3.05, 3.63) is 29.6 Å². The second-order valence-corrected chi connectivity index (χ2v) is 6.65. The molecule has 2 fully saturated rings. The van der Waals surface area contributed by atoms with Gasteiger partial charge in [0.2, 0.25) is 5.95 Å². The Morgan fingerprint density at radius 3 is 2.62 bits per heavy atom. The molecule has 2 heterocycles. The van der Waals surface area contributed by atoms with Crippen LogP contribution in [-0.2, 0) is 4.74 Å². The lowest BCUT2D eigenvalue weighted by molar-refractivity contribution is 0.0525. The van der Waals surface area contributed by atoms with Crippen LogP contribution < -0.4 is 10.2 Å². The van der Waals surface area contributed by atoms with E-state index in [0.29, 0.717) is 18.1 Å². The summed E-state index contributed by atoms with van der Waals surface area (Å²) in [5.41, 5.74) is 1.80. The average Bonchev–Trinajstić information content (AvgIpc) is 3.05.